The molecule has 1 unspecified atom stereocenters. The van der Waals surface area contributed by atoms with E-state index in [0.29, 0.717) is 0 Å². The summed E-state index contributed by atoms with van der Waals surface area (Å²) in [7, 11) is 0. The summed E-state index contributed by atoms with van der Waals surface area (Å²) in [6, 6.07) is 16.6. The van der Waals surface area contributed by atoms with Crippen molar-refractivity contribution in [2.45, 2.75) is 12.5 Å². The first-order chi connectivity index (χ1) is 10.3. The van der Waals surface area contributed by atoms with Crippen molar-refractivity contribution >= 4 is 21.8 Å². The molecule has 2 bridgehead atoms. The molecular formula is C17H15BrN2O. The zero-order valence-electron chi connectivity index (χ0n) is 11.5. The van der Waals surface area contributed by atoms with Crippen LogP contribution in [0.15, 0.2) is 58.1 Å². The van der Waals surface area contributed by atoms with Gasteiger partial charge in [-0.15, -0.1) is 5.10 Å². The van der Waals surface area contributed by atoms with E-state index in [9.17, 15) is 0 Å². The van der Waals surface area contributed by atoms with Crippen LogP contribution >= 0.6 is 15.9 Å². The Labute approximate surface area is 132 Å². The Kier molecular flexibility index (Phi) is 3.19. The lowest BCUT2D eigenvalue weighted by molar-refractivity contribution is 0.0982. The Hall–Kier alpha value is -1.81. The highest BCUT2D eigenvalue weighted by Crippen LogP contribution is 2.32. The van der Waals surface area contributed by atoms with Crippen molar-refractivity contribution in [1.82, 2.24) is 5.01 Å². The standard InChI is InChI=1S/C17H15BrN2O/c18-14-7-6-12-8-9-20-11-16(15(12)10-14)21-17(19-20)13-4-2-1-3-5-13/h1-7,10,16H,8-9,11H2. The second kappa shape index (κ2) is 5.19. The minimum atomic E-state index is 0.0488. The van der Waals surface area contributed by atoms with Gasteiger partial charge in [0.15, 0.2) is 0 Å². The van der Waals surface area contributed by atoms with Crippen LogP contribution in [0.5, 0.6) is 0 Å². The van der Waals surface area contributed by atoms with Crippen LogP contribution in [-0.4, -0.2) is 24.0 Å². The fourth-order valence-electron chi connectivity index (χ4n) is 2.91. The van der Waals surface area contributed by atoms with Crippen LogP contribution in [-0.2, 0) is 11.2 Å². The number of fused-ring (bicyclic) bond motifs is 4. The average Bonchev–Trinajstić information content (AvgIpc) is 2.65. The Morgan fingerprint density at radius 3 is 2.86 bits per heavy atom. The second-order valence-electron chi connectivity index (χ2n) is 5.38. The Balaban J connectivity index is 1.74. The molecule has 0 N–H and O–H groups in total. The maximum atomic E-state index is 6.19. The minimum Gasteiger partial charge on any atom is -0.466 e. The van der Waals surface area contributed by atoms with Crippen molar-refractivity contribution < 1.29 is 4.74 Å². The summed E-state index contributed by atoms with van der Waals surface area (Å²) in [5.74, 6) is 0.722. The number of ether oxygens (including phenoxy) is 1. The van der Waals surface area contributed by atoms with Crippen LogP contribution < -0.4 is 0 Å². The Bertz CT molecular complexity index is 699. The van der Waals surface area contributed by atoms with E-state index in [4.69, 9.17) is 4.74 Å². The molecule has 0 fully saturated rings. The quantitative estimate of drug-likeness (QED) is 0.788. The van der Waals surface area contributed by atoms with Gasteiger partial charge in [0, 0.05) is 16.6 Å². The molecule has 2 aliphatic rings. The van der Waals surface area contributed by atoms with Gasteiger partial charge >= 0.3 is 0 Å². The van der Waals surface area contributed by atoms with Crippen LogP contribution in [0.3, 0.4) is 0 Å². The molecule has 2 aromatic carbocycles. The number of rotatable bonds is 1. The van der Waals surface area contributed by atoms with Gasteiger partial charge in [-0.05, 0) is 41.8 Å². The molecule has 21 heavy (non-hydrogen) atoms. The maximum absolute atomic E-state index is 6.19. The van der Waals surface area contributed by atoms with Crippen molar-refractivity contribution in [3.8, 4) is 0 Å². The normalized spacial score (nSPS) is 20.1. The van der Waals surface area contributed by atoms with Crippen LogP contribution in [0.25, 0.3) is 0 Å². The molecule has 2 aliphatic heterocycles. The van der Waals surface area contributed by atoms with Crippen molar-refractivity contribution in [2.75, 3.05) is 13.1 Å². The molecule has 3 nitrogen and oxygen atoms in total. The average molecular weight is 343 g/mol. The van der Waals surface area contributed by atoms with E-state index in [2.05, 4.69) is 44.2 Å². The minimum absolute atomic E-state index is 0.0488. The molecule has 0 saturated carbocycles. The van der Waals surface area contributed by atoms with Crippen LogP contribution in [0, 0.1) is 0 Å². The second-order valence-corrected chi connectivity index (χ2v) is 6.30. The van der Waals surface area contributed by atoms with E-state index in [1.165, 1.54) is 11.1 Å². The lowest BCUT2D eigenvalue weighted by Gasteiger charge is -2.30. The molecule has 0 spiro atoms. The fourth-order valence-corrected chi connectivity index (χ4v) is 3.29. The molecule has 0 saturated heterocycles. The first-order valence-electron chi connectivity index (χ1n) is 7.13. The number of halogens is 1. The Morgan fingerprint density at radius 2 is 2.00 bits per heavy atom. The van der Waals surface area contributed by atoms with Gasteiger partial charge in [0.05, 0.1) is 6.54 Å². The zero-order chi connectivity index (χ0) is 14.2. The van der Waals surface area contributed by atoms with E-state index >= 15 is 0 Å². The first kappa shape index (κ1) is 12.9. The van der Waals surface area contributed by atoms with Gasteiger partial charge in [0.2, 0.25) is 5.90 Å². The lowest BCUT2D eigenvalue weighted by atomic mass is 10.0. The van der Waals surface area contributed by atoms with E-state index in [0.717, 1.165) is 35.4 Å². The summed E-state index contributed by atoms with van der Waals surface area (Å²) in [6.07, 6.45) is 1.06. The molecule has 0 radical (unpaired) electrons. The summed E-state index contributed by atoms with van der Waals surface area (Å²) in [5.41, 5.74) is 3.66. The number of hydrogen-bond donors (Lipinski definition) is 0. The molecule has 4 rings (SSSR count). The van der Waals surface area contributed by atoms with Gasteiger partial charge in [-0.25, -0.2) is 0 Å². The number of hydrazone groups is 1. The molecule has 2 heterocycles. The van der Waals surface area contributed by atoms with Gasteiger partial charge in [-0.1, -0.05) is 40.2 Å². The number of benzene rings is 2. The highest BCUT2D eigenvalue weighted by Gasteiger charge is 2.29. The predicted molar refractivity (Wildman–Crippen MR) is 86.2 cm³/mol. The van der Waals surface area contributed by atoms with Gasteiger partial charge in [-0.3, -0.25) is 5.01 Å². The third kappa shape index (κ3) is 2.44. The highest BCUT2D eigenvalue weighted by atomic mass is 79.9. The van der Waals surface area contributed by atoms with Crippen molar-refractivity contribution in [3.05, 3.63) is 69.7 Å². The molecule has 106 valence electrons. The number of nitrogens with zero attached hydrogens (tertiary/aromatic N) is 2. The SMILES string of the molecule is Brc1ccc2c(c1)C1CN(CC2)N=C(c2ccccc2)O1. The first-order valence-corrected chi connectivity index (χ1v) is 7.93. The Morgan fingerprint density at radius 1 is 1.14 bits per heavy atom. The topological polar surface area (TPSA) is 24.8 Å². The van der Waals surface area contributed by atoms with Crippen LogP contribution in [0.4, 0.5) is 0 Å². The third-order valence-corrected chi connectivity index (χ3v) is 4.47. The summed E-state index contributed by atoms with van der Waals surface area (Å²) >= 11 is 3.57. The fraction of sp³-hybridized carbons (Fsp3) is 0.235. The van der Waals surface area contributed by atoms with Gasteiger partial charge in [0.25, 0.3) is 0 Å². The van der Waals surface area contributed by atoms with E-state index < -0.39 is 0 Å². The molecule has 0 aliphatic carbocycles. The molecule has 0 amide bonds. The van der Waals surface area contributed by atoms with Crippen LogP contribution in [0.1, 0.15) is 22.8 Å². The summed E-state index contributed by atoms with van der Waals surface area (Å²) in [4.78, 5) is 0. The van der Waals surface area contributed by atoms with Crippen molar-refractivity contribution in [2.24, 2.45) is 5.10 Å². The molecule has 2 aromatic rings. The van der Waals surface area contributed by atoms with Gasteiger partial charge in [0.1, 0.15) is 6.10 Å². The van der Waals surface area contributed by atoms with E-state index in [1.807, 2.05) is 30.3 Å². The lowest BCUT2D eigenvalue weighted by Crippen LogP contribution is -2.33. The monoisotopic (exact) mass is 342 g/mol. The van der Waals surface area contributed by atoms with Crippen LogP contribution in [0.2, 0.25) is 0 Å². The predicted octanol–water partition coefficient (Wildman–Crippen LogP) is 3.74. The van der Waals surface area contributed by atoms with Crippen molar-refractivity contribution in [1.29, 1.82) is 0 Å². The van der Waals surface area contributed by atoms with Gasteiger partial charge in [-0.2, -0.15) is 0 Å². The summed E-state index contributed by atoms with van der Waals surface area (Å²) in [6.45, 7) is 1.75. The molecular weight excluding hydrogens is 328 g/mol. The molecule has 4 heteroatoms. The highest BCUT2D eigenvalue weighted by molar-refractivity contribution is 9.10. The van der Waals surface area contributed by atoms with Gasteiger partial charge < -0.3 is 4.74 Å². The smallest absolute Gasteiger partial charge is 0.238 e. The maximum Gasteiger partial charge on any atom is 0.238 e. The largest absolute Gasteiger partial charge is 0.466 e. The zero-order valence-corrected chi connectivity index (χ0v) is 13.1. The summed E-state index contributed by atoms with van der Waals surface area (Å²) < 4.78 is 7.29. The summed E-state index contributed by atoms with van der Waals surface area (Å²) in [5, 5.41) is 6.78. The number of hydrogen-bond acceptors (Lipinski definition) is 3. The van der Waals surface area contributed by atoms with Crippen molar-refractivity contribution in [3.63, 3.8) is 0 Å². The molecule has 1 atom stereocenters. The molecule has 0 aromatic heterocycles. The van der Waals surface area contributed by atoms with E-state index in [-0.39, 0.29) is 6.10 Å². The van der Waals surface area contributed by atoms with E-state index in [1.54, 1.807) is 0 Å². The third-order valence-electron chi connectivity index (χ3n) is 3.98.